The number of rotatable bonds is 6. The number of aryl methyl sites for hydroxylation is 1. The SMILES string of the molecule is Cc1ccc(S(=O)(=O)Oc2ccc(/C=C3\SC(=O)N(Cc4ccc(Br)cc4)C3=O)cc2)cc1. The van der Waals surface area contributed by atoms with Crippen molar-refractivity contribution in [2.75, 3.05) is 0 Å². The highest BCUT2D eigenvalue weighted by Gasteiger charge is 2.34. The molecule has 9 heteroatoms. The number of hydrogen-bond donors (Lipinski definition) is 0. The fourth-order valence-corrected chi connectivity index (χ4v) is 5.09. The average Bonchev–Trinajstić information content (AvgIpc) is 3.04. The van der Waals surface area contributed by atoms with E-state index in [1.165, 1.54) is 29.2 Å². The Morgan fingerprint density at radius 2 is 1.58 bits per heavy atom. The van der Waals surface area contributed by atoms with E-state index < -0.39 is 10.1 Å². The van der Waals surface area contributed by atoms with Gasteiger partial charge in [-0.3, -0.25) is 14.5 Å². The number of halogens is 1. The zero-order valence-corrected chi connectivity index (χ0v) is 20.6. The van der Waals surface area contributed by atoms with Crippen LogP contribution < -0.4 is 4.18 Å². The number of carbonyl (C=O) groups excluding carboxylic acids is 2. The van der Waals surface area contributed by atoms with Gasteiger partial charge >= 0.3 is 10.1 Å². The fourth-order valence-electron chi connectivity index (χ4n) is 3.06. The molecule has 0 unspecified atom stereocenters. The van der Waals surface area contributed by atoms with Crippen molar-refractivity contribution in [3.8, 4) is 5.75 Å². The summed E-state index contributed by atoms with van der Waals surface area (Å²) in [5, 5.41) is -0.335. The predicted octanol–water partition coefficient (Wildman–Crippen LogP) is 5.76. The van der Waals surface area contributed by atoms with E-state index in [1.807, 2.05) is 31.2 Å². The molecular formula is C24H18BrNO5S2. The van der Waals surface area contributed by atoms with Gasteiger partial charge < -0.3 is 4.18 Å². The van der Waals surface area contributed by atoms with Crippen LogP contribution in [0.25, 0.3) is 6.08 Å². The first kappa shape index (κ1) is 23.3. The molecule has 6 nitrogen and oxygen atoms in total. The first-order valence-corrected chi connectivity index (χ1v) is 12.8. The largest absolute Gasteiger partial charge is 0.379 e. The van der Waals surface area contributed by atoms with Crippen molar-refractivity contribution in [2.24, 2.45) is 0 Å². The normalized spacial score (nSPS) is 15.3. The second-order valence-corrected chi connectivity index (χ2v) is 10.8. The molecule has 4 rings (SSSR count). The second-order valence-electron chi connectivity index (χ2n) is 7.31. The van der Waals surface area contributed by atoms with Gasteiger partial charge in [-0.2, -0.15) is 8.42 Å². The van der Waals surface area contributed by atoms with Crippen molar-refractivity contribution in [2.45, 2.75) is 18.4 Å². The fraction of sp³-hybridized carbons (Fsp3) is 0.0833. The van der Waals surface area contributed by atoms with Gasteiger partial charge in [0.2, 0.25) is 0 Å². The van der Waals surface area contributed by atoms with E-state index in [1.54, 1.807) is 30.3 Å². The van der Waals surface area contributed by atoms with Gasteiger partial charge in [0.05, 0.1) is 11.4 Å². The van der Waals surface area contributed by atoms with Crippen LogP contribution in [0.3, 0.4) is 0 Å². The molecule has 2 amide bonds. The Hall–Kier alpha value is -2.88. The van der Waals surface area contributed by atoms with Crippen LogP contribution in [-0.4, -0.2) is 24.5 Å². The van der Waals surface area contributed by atoms with Gasteiger partial charge in [-0.25, -0.2) is 0 Å². The van der Waals surface area contributed by atoms with Gasteiger partial charge in [-0.05, 0) is 72.3 Å². The summed E-state index contributed by atoms with van der Waals surface area (Å²) in [6.45, 7) is 2.06. The zero-order chi connectivity index (χ0) is 23.6. The highest BCUT2D eigenvalue weighted by Crippen LogP contribution is 2.33. The Kier molecular flexibility index (Phi) is 6.73. The average molecular weight is 544 g/mol. The minimum absolute atomic E-state index is 0.0663. The molecule has 1 aliphatic rings. The Balaban J connectivity index is 1.46. The van der Waals surface area contributed by atoms with Gasteiger partial charge in [0, 0.05) is 4.47 Å². The van der Waals surface area contributed by atoms with Gasteiger partial charge in [-0.15, -0.1) is 0 Å². The first-order valence-electron chi connectivity index (χ1n) is 9.82. The minimum atomic E-state index is -3.95. The van der Waals surface area contributed by atoms with Crippen molar-refractivity contribution in [1.29, 1.82) is 0 Å². The number of hydrogen-bond acceptors (Lipinski definition) is 6. The molecule has 0 bridgehead atoms. The van der Waals surface area contributed by atoms with Gasteiger partial charge in [0.25, 0.3) is 11.1 Å². The highest BCUT2D eigenvalue weighted by molar-refractivity contribution is 9.10. The van der Waals surface area contributed by atoms with E-state index in [4.69, 9.17) is 4.18 Å². The summed E-state index contributed by atoms with van der Waals surface area (Å²) in [6.07, 6.45) is 1.60. The number of imide groups is 1. The van der Waals surface area contributed by atoms with Crippen molar-refractivity contribution in [1.82, 2.24) is 4.90 Å². The van der Waals surface area contributed by atoms with E-state index >= 15 is 0 Å². The lowest BCUT2D eigenvalue weighted by Crippen LogP contribution is -2.27. The van der Waals surface area contributed by atoms with Crippen LogP contribution in [0.4, 0.5) is 4.79 Å². The molecular weight excluding hydrogens is 526 g/mol. The number of carbonyl (C=O) groups is 2. The van der Waals surface area contributed by atoms with Crippen molar-refractivity contribution < 1.29 is 22.2 Å². The quantitative estimate of drug-likeness (QED) is 0.290. The molecule has 33 heavy (non-hydrogen) atoms. The monoisotopic (exact) mass is 543 g/mol. The summed E-state index contributed by atoms with van der Waals surface area (Å²) in [6, 6.07) is 20.0. The van der Waals surface area contributed by atoms with E-state index in [-0.39, 0.29) is 28.3 Å². The number of amides is 2. The molecule has 0 radical (unpaired) electrons. The molecule has 0 N–H and O–H groups in total. The molecule has 0 spiro atoms. The van der Waals surface area contributed by atoms with E-state index in [0.29, 0.717) is 10.5 Å². The van der Waals surface area contributed by atoms with Crippen LogP contribution in [0, 0.1) is 6.92 Å². The van der Waals surface area contributed by atoms with Crippen molar-refractivity contribution in [3.05, 3.63) is 98.9 Å². The molecule has 1 saturated heterocycles. The maximum absolute atomic E-state index is 12.7. The lowest BCUT2D eigenvalue weighted by molar-refractivity contribution is -0.123. The first-order chi connectivity index (χ1) is 15.7. The molecule has 0 saturated carbocycles. The molecule has 1 aliphatic heterocycles. The van der Waals surface area contributed by atoms with E-state index in [9.17, 15) is 18.0 Å². The molecule has 168 valence electrons. The van der Waals surface area contributed by atoms with Gasteiger partial charge in [0.15, 0.2) is 0 Å². The summed E-state index contributed by atoms with van der Waals surface area (Å²) >= 11 is 4.23. The van der Waals surface area contributed by atoms with Gasteiger partial charge in [0.1, 0.15) is 10.6 Å². The summed E-state index contributed by atoms with van der Waals surface area (Å²) in [7, 11) is -3.95. The summed E-state index contributed by atoms with van der Waals surface area (Å²) < 4.78 is 31.0. The Labute approximate surface area is 204 Å². The predicted molar refractivity (Wildman–Crippen MR) is 131 cm³/mol. The maximum Gasteiger partial charge on any atom is 0.339 e. The van der Waals surface area contributed by atoms with Crippen LogP contribution in [0.2, 0.25) is 0 Å². The molecule has 0 atom stereocenters. The lowest BCUT2D eigenvalue weighted by atomic mass is 10.2. The zero-order valence-electron chi connectivity index (χ0n) is 17.4. The second kappa shape index (κ2) is 9.54. The standard InChI is InChI=1S/C24H18BrNO5S2/c1-16-2-12-21(13-3-16)33(29,30)31-20-10-6-17(7-11-20)14-22-23(27)26(24(28)32-22)15-18-4-8-19(25)9-5-18/h2-14H,15H2,1H3/b22-14-. The molecule has 1 heterocycles. The molecule has 0 aromatic heterocycles. The molecule has 3 aromatic rings. The van der Waals surface area contributed by atoms with E-state index in [2.05, 4.69) is 15.9 Å². The molecule has 1 fully saturated rings. The van der Waals surface area contributed by atoms with Crippen LogP contribution in [0.15, 0.2) is 87.1 Å². The summed E-state index contributed by atoms with van der Waals surface area (Å²) in [4.78, 5) is 26.7. The third-order valence-corrected chi connectivity index (χ3v) is 7.52. The van der Waals surface area contributed by atoms with E-state index in [0.717, 1.165) is 27.4 Å². The summed E-state index contributed by atoms with van der Waals surface area (Å²) in [5.74, 6) is -0.216. The Bertz CT molecular complexity index is 1330. The Morgan fingerprint density at radius 3 is 2.21 bits per heavy atom. The maximum atomic E-state index is 12.7. The van der Waals surface area contributed by atoms with Gasteiger partial charge in [-0.1, -0.05) is 57.9 Å². The van der Waals surface area contributed by atoms with Crippen LogP contribution in [-0.2, 0) is 21.5 Å². The Morgan fingerprint density at radius 1 is 0.939 bits per heavy atom. The smallest absolute Gasteiger partial charge is 0.339 e. The van der Waals surface area contributed by atoms with Crippen LogP contribution in [0.5, 0.6) is 5.75 Å². The topological polar surface area (TPSA) is 80.8 Å². The van der Waals surface area contributed by atoms with Crippen molar-refractivity contribution >= 4 is 55.0 Å². The third kappa shape index (κ3) is 5.55. The highest BCUT2D eigenvalue weighted by atomic mass is 79.9. The number of benzene rings is 3. The molecule has 0 aliphatic carbocycles. The van der Waals surface area contributed by atoms with Crippen LogP contribution >= 0.6 is 27.7 Å². The minimum Gasteiger partial charge on any atom is -0.379 e. The molecule has 3 aromatic carbocycles. The van der Waals surface area contributed by atoms with Crippen LogP contribution in [0.1, 0.15) is 16.7 Å². The van der Waals surface area contributed by atoms with Crippen molar-refractivity contribution in [3.63, 3.8) is 0 Å². The summed E-state index contributed by atoms with van der Waals surface area (Å²) in [5.41, 5.74) is 2.43. The number of nitrogens with zero attached hydrogens (tertiary/aromatic N) is 1. The third-order valence-electron chi connectivity index (χ3n) is 4.82. The lowest BCUT2D eigenvalue weighted by Gasteiger charge is -2.12. The number of thioether (sulfide) groups is 1.